The number of anilines is 2. The maximum Gasteiger partial charge on any atom is 0.0425 e. The number of rotatable bonds is 4. The summed E-state index contributed by atoms with van der Waals surface area (Å²) in [5.41, 5.74) is 11.6. The normalized spacial score (nSPS) is 17.2. The highest BCUT2D eigenvalue weighted by molar-refractivity contribution is 5.63. The molecule has 4 rings (SSSR count). The van der Waals surface area contributed by atoms with Crippen LogP contribution in [0.4, 0.5) is 11.4 Å². The average molecular weight is 363 g/mol. The molecule has 0 radical (unpaired) electrons. The van der Waals surface area contributed by atoms with Crippen LogP contribution in [-0.4, -0.2) is 26.2 Å². The van der Waals surface area contributed by atoms with Gasteiger partial charge in [-0.15, -0.1) is 0 Å². The molecule has 2 heteroatoms. The molecule has 0 atom stereocenters. The molecule has 0 spiro atoms. The first-order chi connectivity index (χ1) is 13.0. The second kappa shape index (κ2) is 7.58. The van der Waals surface area contributed by atoms with Crippen LogP contribution in [0.15, 0.2) is 24.3 Å². The Morgan fingerprint density at radius 2 is 0.852 bits per heavy atom. The van der Waals surface area contributed by atoms with E-state index in [-0.39, 0.29) is 0 Å². The van der Waals surface area contributed by atoms with Crippen molar-refractivity contribution >= 4 is 11.4 Å². The van der Waals surface area contributed by atoms with Crippen LogP contribution >= 0.6 is 0 Å². The van der Waals surface area contributed by atoms with Crippen molar-refractivity contribution in [2.45, 2.75) is 59.8 Å². The standard InChI is InChI=1S/C25H34N2/c1-18-13-22(14-19(2)24(18)26-9-5-6-10-26)17-23-15-20(3)25(21(4)16-23)27-11-7-8-12-27/h13-16H,5-12,17H2,1-4H3. The Bertz CT molecular complexity index is 709. The fourth-order valence-electron chi connectivity index (χ4n) is 5.41. The zero-order valence-corrected chi connectivity index (χ0v) is 17.6. The smallest absolute Gasteiger partial charge is 0.0425 e. The molecule has 0 unspecified atom stereocenters. The molecule has 2 aromatic rings. The summed E-state index contributed by atoms with van der Waals surface area (Å²) >= 11 is 0. The highest BCUT2D eigenvalue weighted by Gasteiger charge is 2.19. The molecule has 0 bridgehead atoms. The Balaban J connectivity index is 1.59. The van der Waals surface area contributed by atoms with Gasteiger partial charge in [0.15, 0.2) is 0 Å². The maximum absolute atomic E-state index is 2.58. The maximum atomic E-state index is 2.58. The Hall–Kier alpha value is -1.96. The molecule has 2 aliphatic rings. The Morgan fingerprint density at radius 3 is 1.15 bits per heavy atom. The van der Waals surface area contributed by atoms with E-state index in [0.717, 1.165) is 6.42 Å². The lowest BCUT2D eigenvalue weighted by Crippen LogP contribution is -2.20. The third kappa shape index (κ3) is 3.72. The van der Waals surface area contributed by atoms with E-state index < -0.39 is 0 Å². The summed E-state index contributed by atoms with van der Waals surface area (Å²) < 4.78 is 0. The zero-order chi connectivity index (χ0) is 19.0. The SMILES string of the molecule is Cc1cc(Cc2cc(C)c(N3CCCC3)c(C)c2)cc(C)c1N1CCCC1. The zero-order valence-electron chi connectivity index (χ0n) is 17.6. The molecule has 144 valence electrons. The van der Waals surface area contributed by atoms with Gasteiger partial charge >= 0.3 is 0 Å². The van der Waals surface area contributed by atoms with Crippen LogP contribution in [0.2, 0.25) is 0 Å². The molecule has 2 nitrogen and oxygen atoms in total. The van der Waals surface area contributed by atoms with E-state index in [1.165, 1.54) is 96.6 Å². The summed E-state index contributed by atoms with van der Waals surface area (Å²) in [5.74, 6) is 0. The van der Waals surface area contributed by atoms with Crippen molar-refractivity contribution in [1.29, 1.82) is 0 Å². The first-order valence-corrected chi connectivity index (χ1v) is 10.7. The Kier molecular flexibility index (Phi) is 5.16. The van der Waals surface area contributed by atoms with Crippen LogP contribution in [0.5, 0.6) is 0 Å². The van der Waals surface area contributed by atoms with Gasteiger partial charge in [-0.05, 0) is 93.2 Å². The quantitative estimate of drug-likeness (QED) is 0.687. The molecular formula is C25H34N2. The summed E-state index contributed by atoms with van der Waals surface area (Å²) in [5, 5.41) is 0. The molecule has 2 aliphatic heterocycles. The van der Waals surface area contributed by atoms with Crippen molar-refractivity contribution in [3.63, 3.8) is 0 Å². The van der Waals surface area contributed by atoms with Gasteiger partial charge in [0, 0.05) is 37.6 Å². The Morgan fingerprint density at radius 1 is 0.556 bits per heavy atom. The topological polar surface area (TPSA) is 6.48 Å². The van der Waals surface area contributed by atoms with Crippen molar-refractivity contribution in [2.24, 2.45) is 0 Å². The molecule has 0 aromatic heterocycles. The summed E-state index contributed by atoms with van der Waals surface area (Å²) in [4.78, 5) is 5.15. The lowest BCUT2D eigenvalue weighted by molar-refractivity contribution is 0.947. The first kappa shape index (κ1) is 18.4. The number of benzene rings is 2. The molecule has 2 aromatic carbocycles. The molecular weight excluding hydrogens is 328 g/mol. The molecule has 2 saturated heterocycles. The van der Waals surface area contributed by atoms with Crippen LogP contribution in [0.1, 0.15) is 59.1 Å². The molecule has 0 N–H and O–H groups in total. The van der Waals surface area contributed by atoms with Gasteiger partial charge in [-0.3, -0.25) is 0 Å². The summed E-state index contributed by atoms with van der Waals surface area (Å²) in [6.07, 6.45) is 6.38. The number of nitrogens with zero attached hydrogens (tertiary/aromatic N) is 2. The lowest BCUT2D eigenvalue weighted by atomic mass is 9.95. The van der Waals surface area contributed by atoms with E-state index in [1.54, 1.807) is 0 Å². The van der Waals surface area contributed by atoms with E-state index in [9.17, 15) is 0 Å². The lowest BCUT2D eigenvalue weighted by Gasteiger charge is -2.24. The molecule has 0 saturated carbocycles. The van der Waals surface area contributed by atoms with Crippen LogP contribution in [0.3, 0.4) is 0 Å². The molecule has 2 fully saturated rings. The van der Waals surface area contributed by atoms with Crippen LogP contribution in [-0.2, 0) is 6.42 Å². The van der Waals surface area contributed by atoms with E-state index in [4.69, 9.17) is 0 Å². The molecule has 0 amide bonds. The fourth-order valence-corrected chi connectivity index (χ4v) is 5.41. The first-order valence-electron chi connectivity index (χ1n) is 10.7. The summed E-state index contributed by atoms with van der Waals surface area (Å²) in [7, 11) is 0. The predicted octanol–water partition coefficient (Wildman–Crippen LogP) is 5.71. The largest absolute Gasteiger partial charge is 0.371 e. The highest BCUT2D eigenvalue weighted by Crippen LogP contribution is 2.32. The van der Waals surface area contributed by atoms with E-state index in [0.29, 0.717) is 0 Å². The fraction of sp³-hybridized carbons (Fsp3) is 0.520. The van der Waals surface area contributed by atoms with Crippen LogP contribution in [0.25, 0.3) is 0 Å². The monoisotopic (exact) mass is 362 g/mol. The van der Waals surface area contributed by atoms with Gasteiger partial charge in [-0.2, -0.15) is 0 Å². The van der Waals surface area contributed by atoms with Gasteiger partial charge in [0.1, 0.15) is 0 Å². The third-order valence-corrected chi connectivity index (χ3v) is 6.35. The van der Waals surface area contributed by atoms with Crippen molar-refractivity contribution in [3.05, 3.63) is 57.6 Å². The second-order valence-electron chi connectivity index (χ2n) is 8.72. The minimum atomic E-state index is 1.03. The summed E-state index contributed by atoms with van der Waals surface area (Å²) in [6.45, 7) is 14.0. The predicted molar refractivity (Wildman–Crippen MR) is 118 cm³/mol. The number of hydrogen-bond donors (Lipinski definition) is 0. The molecule has 27 heavy (non-hydrogen) atoms. The minimum absolute atomic E-state index is 1.03. The second-order valence-corrected chi connectivity index (χ2v) is 8.72. The van der Waals surface area contributed by atoms with Crippen molar-refractivity contribution in [3.8, 4) is 0 Å². The Labute approximate surface area is 165 Å². The average Bonchev–Trinajstić information content (AvgIpc) is 3.27. The van der Waals surface area contributed by atoms with Gasteiger partial charge in [-0.25, -0.2) is 0 Å². The molecule has 2 heterocycles. The van der Waals surface area contributed by atoms with Gasteiger partial charge in [0.25, 0.3) is 0 Å². The van der Waals surface area contributed by atoms with E-state index in [2.05, 4.69) is 61.8 Å². The third-order valence-electron chi connectivity index (χ3n) is 6.35. The van der Waals surface area contributed by atoms with E-state index >= 15 is 0 Å². The van der Waals surface area contributed by atoms with E-state index in [1.807, 2.05) is 0 Å². The van der Waals surface area contributed by atoms with Crippen LogP contribution in [0, 0.1) is 27.7 Å². The number of aryl methyl sites for hydroxylation is 4. The van der Waals surface area contributed by atoms with Gasteiger partial charge in [0.2, 0.25) is 0 Å². The highest BCUT2D eigenvalue weighted by atomic mass is 15.2. The van der Waals surface area contributed by atoms with Gasteiger partial charge < -0.3 is 9.80 Å². The van der Waals surface area contributed by atoms with Crippen molar-refractivity contribution in [2.75, 3.05) is 36.0 Å². The van der Waals surface area contributed by atoms with Gasteiger partial charge in [0.05, 0.1) is 0 Å². The van der Waals surface area contributed by atoms with Gasteiger partial charge in [-0.1, -0.05) is 24.3 Å². The summed E-state index contributed by atoms with van der Waals surface area (Å²) in [6, 6.07) is 9.67. The minimum Gasteiger partial charge on any atom is -0.371 e. The molecule has 0 aliphatic carbocycles. The number of hydrogen-bond acceptors (Lipinski definition) is 2. The van der Waals surface area contributed by atoms with Crippen molar-refractivity contribution < 1.29 is 0 Å². The van der Waals surface area contributed by atoms with Crippen molar-refractivity contribution in [1.82, 2.24) is 0 Å². The van der Waals surface area contributed by atoms with Crippen LogP contribution < -0.4 is 9.80 Å².